The molecule has 3 N–H and O–H groups in total. The Hall–Kier alpha value is -3.60. The minimum atomic E-state index is -4.48. The van der Waals surface area contributed by atoms with Gasteiger partial charge in [-0.3, -0.25) is 9.89 Å². The molecule has 166 valence electrons. The van der Waals surface area contributed by atoms with E-state index in [0.717, 1.165) is 10.9 Å². The lowest BCUT2D eigenvalue weighted by Crippen LogP contribution is -2.34. The van der Waals surface area contributed by atoms with Crippen molar-refractivity contribution in [1.82, 2.24) is 30.3 Å². The third-order valence-electron chi connectivity index (χ3n) is 4.75. The summed E-state index contributed by atoms with van der Waals surface area (Å²) < 4.78 is 38.6. The topological polar surface area (TPSA) is 101 Å². The van der Waals surface area contributed by atoms with E-state index in [1.54, 1.807) is 38.4 Å². The van der Waals surface area contributed by atoms with Gasteiger partial charge in [-0.25, -0.2) is 4.68 Å². The number of hydrogen-bond acceptors (Lipinski definition) is 5. The van der Waals surface area contributed by atoms with Crippen molar-refractivity contribution in [3.05, 3.63) is 52.7 Å². The molecule has 4 aromatic rings. The largest absolute Gasteiger partial charge is 0.405 e. The van der Waals surface area contributed by atoms with Crippen molar-refractivity contribution in [2.45, 2.75) is 13.1 Å². The molecule has 4 rings (SSSR count). The van der Waals surface area contributed by atoms with Crippen LogP contribution < -0.4 is 10.6 Å². The quantitative estimate of drug-likeness (QED) is 0.408. The summed E-state index contributed by atoms with van der Waals surface area (Å²) in [6.07, 6.45) is -2.85. The van der Waals surface area contributed by atoms with Gasteiger partial charge in [0.25, 0.3) is 5.91 Å². The van der Waals surface area contributed by atoms with Gasteiger partial charge in [0.05, 0.1) is 22.4 Å². The summed E-state index contributed by atoms with van der Waals surface area (Å²) in [5, 5.41) is 17.4. The van der Waals surface area contributed by atoms with Crippen molar-refractivity contribution >= 4 is 40.0 Å². The second-order valence-corrected chi connectivity index (χ2v) is 7.47. The number of alkyl halides is 3. The number of hydrogen-bond donors (Lipinski definition) is 3. The maximum Gasteiger partial charge on any atom is 0.405 e. The number of H-pyrrole nitrogens is 1. The molecular formula is C20H17ClF3N7O. The highest BCUT2D eigenvalue weighted by atomic mass is 35.5. The molecule has 0 fully saturated rings. The number of nitrogens with one attached hydrogen (secondary N) is 3. The number of carbonyl (C=O) groups excluding carboxylic acids is 1. The minimum Gasteiger partial charge on any atom is -0.343 e. The van der Waals surface area contributed by atoms with Crippen molar-refractivity contribution in [2.75, 3.05) is 11.9 Å². The number of fused-ring (bicyclic) bond motifs is 1. The Morgan fingerprint density at radius 3 is 2.75 bits per heavy atom. The molecule has 1 amide bonds. The highest BCUT2D eigenvalue weighted by molar-refractivity contribution is 6.38. The van der Waals surface area contributed by atoms with Crippen molar-refractivity contribution in [2.24, 2.45) is 7.05 Å². The number of anilines is 2. The van der Waals surface area contributed by atoms with E-state index in [-0.39, 0.29) is 5.56 Å². The monoisotopic (exact) mass is 463 g/mol. The summed E-state index contributed by atoms with van der Waals surface area (Å²) in [6, 6.07) is 8.30. The number of halogens is 4. The van der Waals surface area contributed by atoms with Crippen molar-refractivity contribution < 1.29 is 18.0 Å². The summed E-state index contributed by atoms with van der Waals surface area (Å²) in [4.78, 5) is 16.5. The summed E-state index contributed by atoms with van der Waals surface area (Å²) in [6.45, 7) is 0.241. The Kier molecular flexibility index (Phi) is 5.51. The molecule has 0 unspecified atom stereocenters. The number of carbonyl (C=O) groups is 1. The molecule has 2 aromatic carbocycles. The summed E-state index contributed by atoms with van der Waals surface area (Å²) in [5.74, 6) is 0.00208. The van der Waals surface area contributed by atoms with E-state index in [9.17, 15) is 18.0 Å². The van der Waals surface area contributed by atoms with Gasteiger partial charge in [0.1, 0.15) is 6.54 Å². The predicted molar refractivity (Wildman–Crippen MR) is 114 cm³/mol. The molecule has 8 nitrogen and oxygen atoms in total. The molecular weight excluding hydrogens is 447 g/mol. The Labute approximate surface area is 184 Å². The molecule has 32 heavy (non-hydrogen) atoms. The summed E-state index contributed by atoms with van der Waals surface area (Å²) >= 11 is 6.44. The van der Waals surface area contributed by atoms with Gasteiger partial charge in [-0.2, -0.15) is 23.3 Å². The zero-order valence-electron chi connectivity index (χ0n) is 16.9. The number of amides is 1. The van der Waals surface area contributed by atoms with Gasteiger partial charge in [-0.1, -0.05) is 17.7 Å². The fourth-order valence-electron chi connectivity index (χ4n) is 3.15. The molecule has 0 bridgehead atoms. The van der Waals surface area contributed by atoms with Gasteiger partial charge in [0.2, 0.25) is 5.95 Å². The summed E-state index contributed by atoms with van der Waals surface area (Å²) in [7, 11) is 1.70. The lowest BCUT2D eigenvalue weighted by atomic mass is 10.0. The van der Waals surface area contributed by atoms with Gasteiger partial charge in [0, 0.05) is 23.6 Å². The van der Waals surface area contributed by atoms with Crippen LogP contribution in [0.2, 0.25) is 5.02 Å². The van der Waals surface area contributed by atoms with Crippen molar-refractivity contribution in [3.8, 4) is 11.4 Å². The molecule has 12 heteroatoms. The van der Waals surface area contributed by atoms with Crippen molar-refractivity contribution in [3.63, 3.8) is 0 Å². The van der Waals surface area contributed by atoms with Gasteiger partial charge in [0.15, 0.2) is 5.82 Å². The van der Waals surface area contributed by atoms with E-state index in [2.05, 4.69) is 25.6 Å². The molecule has 0 saturated heterocycles. The second-order valence-electron chi connectivity index (χ2n) is 7.09. The molecule has 0 aliphatic rings. The van der Waals surface area contributed by atoms with Crippen LogP contribution in [0.25, 0.3) is 22.3 Å². The minimum absolute atomic E-state index is 0.146. The Morgan fingerprint density at radius 2 is 2.03 bits per heavy atom. The van der Waals surface area contributed by atoms with Crippen LogP contribution in [0, 0.1) is 6.92 Å². The van der Waals surface area contributed by atoms with E-state index < -0.39 is 18.6 Å². The van der Waals surface area contributed by atoms with E-state index in [4.69, 9.17) is 11.6 Å². The van der Waals surface area contributed by atoms with Crippen LogP contribution in [-0.2, 0) is 7.05 Å². The SMILES string of the molecule is Cc1cc(-c2nc(Nc3ccc4[nH]ncc4c3Cl)n(C)n2)ccc1C(=O)NCC(F)(F)F. The molecule has 0 aliphatic heterocycles. The third-order valence-corrected chi connectivity index (χ3v) is 5.15. The highest BCUT2D eigenvalue weighted by Crippen LogP contribution is 2.32. The first-order valence-electron chi connectivity index (χ1n) is 9.38. The van der Waals surface area contributed by atoms with Crippen LogP contribution >= 0.6 is 11.6 Å². The summed E-state index contributed by atoms with van der Waals surface area (Å²) in [5.41, 5.74) is 2.67. The lowest BCUT2D eigenvalue weighted by Gasteiger charge is -2.10. The average Bonchev–Trinajstić information content (AvgIpc) is 3.35. The maximum absolute atomic E-state index is 12.3. The second kappa shape index (κ2) is 8.15. The zero-order chi connectivity index (χ0) is 23.0. The Morgan fingerprint density at radius 1 is 1.25 bits per heavy atom. The molecule has 2 heterocycles. The van der Waals surface area contributed by atoms with Crippen LogP contribution in [0.15, 0.2) is 36.5 Å². The number of nitrogens with zero attached hydrogens (tertiary/aromatic N) is 4. The van der Waals surface area contributed by atoms with Gasteiger partial charge < -0.3 is 10.6 Å². The van der Waals surface area contributed by atoms with Gasteiger partial charge in [-0.15, -0.1) is 5.10 Å². The van der Waals surface area contributed by atoms with E-state index in [0.29, 0.717) is 33.6 Å². The first kappa shape index (κ1) is 21.6. The number of benzene rings is 2. The lowest BCUT2D eigenvalue weighted by molar-refractivity contribution is -0.123. The number of aromatic nitrogens is 5. The van der Waals surface area contributed by atoms with Crippen molar-refractivity contribution in [1.29, 1.82) is 0 Å². The van der Waals surface area contributed by atoms with Crippen LogP contribution in [0.1, 0.15) is 15.9 Å². The zero-order valence-corrected chi connectivity index (χ0v) is 17.6. The van der Waals surface area contributed by atoms with E-state index in [1.807, 2.05) is 11.4 Å². The van der Waals surface area contributed by atoms with Gasteiger partial charge >= 0.3 is 6.18 Å². The standard InChI is InChI=1S/C20H17ClF3N7O/c1-10-7-11(3-4-12(10)18(32)25-9-20(22,23)24)17-28-19(31(2)30-17)27-15-6-5-14-13(16(15)21)8-26-29-14/h3-8H,9H2,1-2H3,(H,25,32)(H,26,29)(H,27,28,30). The van der Waals surface area contributed by atoms with Crippen LogP contribution in [0.5, 0.6) is 0 Å². The molecule has 0 spiro atoms. The van der Waals surface area contributed by atoms with Crippen LogP contribution in [0.4, 0.5) is 24.8 Å². The first-order chi connectivity index (χ1) is 15.1. The number of aromatic amines is 1. The molecule has 0 atom stereocenters. The molecule has 0 radical (unpaired) electrons. The van der Waals surface area contributed by atoms with E-state index in [1.165, 1.54) is 10.7 Å². The number of rotatable bonds is 5. The highest BCUT2D eigenvalue weighted by Gasteiger charge is 2.28. The fourth-order valence-corrected chi connectivity index (χ4v) is 3.41. The average molecular weight is 464 g/mol. The maximum atomic E-state index is 12.3. The van der Waals surface area contributed by atoms with Gasteiger partial charge in [-0.05, 0) is 36.8 Å². The number of aryl methyl sites for hydroxylation is 2. The normalized spacial score (nSPS) is 11.7. The Balaban J connectivity index is 1.56. The molecule has 2 aromatic heterocycles. The smallest absolute Gasteiger partial charge is 0.343 e. The molecule has 0 saturated carbocycles. The third kappa shape index (κ3) is 4.37. The van der Waals surface area contributed by atoms with E-state index >= 15 is 0 Å². The van der Waals surface area contributed by atoms with Crippen LogP contribution in [0.3, 0.4) is 0 Å². The first-order valence-corrected chi connectivity index (χ1v) is 9.76. The Bertz CT molecular complexity index is 1310. The van der Waals surface area contributed by atoms with Crippen LogP contribution in [-0.4, -0.2) is 43.6 Å². The fraction of sp³-hybridized carbons (Fsp3) is 0.200. The molecule has 0 aliphatic carbocycles. The predicted octanol–water partition coefficient (Wildman–Crippen LogP) is 4.36.